The lowest BCUT2D eigenvalue weighted by atomic mass is 10.2. The quantitative estimate of drug-likeness (QED) is 0.256. The summed E-state index contributed by atoms with van der Waals surface area (Å²) in [5.74, 6) is 1.98. The summed E-state index contributed by atoms with van der Waals surface area (Å²) in [6.45, 7) is 0.402. The summed E-state index contributed by atoms with van der Waals surface area (Å²) in [5.41, 5.74) is 8.95. The third-order valence-corrected chi connectivity index (χ3v) is 5.43. The molecule has 154 valence electrons. The molecule has 0 atom stereocenters. The molecular formula is C23H22BrN3O2S. The van der Waals surface area contributed by atoms with Gasteiger partial charge in [-0.05, 0) is 35.4 Å². The molecular weight excluding hydrogens is 462 g/mol. The minimum Gasteiger partial charge on any atom is -0.493 e. The van der Waals surface area contributed by atoms with E-state index in [0.29, 0.717) is 23.3 Å². The Hall–Kier alpha value is -2.77. The first-order valence-electron chi connectivity index (χ1n) is 9.23. The Morgan fingerprint density at radius 2 is 1.80 bits per heavy atom. The van der Waals surface area contributed by atoms with Gasteiger partial charge in [0.1, 0.15) is 6.61 Å². The molecule has 0 aliphatic heterocycles. The summed E-state index contributed by atoms with van der Waals surface area (Å²) in [6.07, 6.45) is 1.62. The lowest BCUT2D eigenvalue weighted by Gasteiger charge is -2.13. The molecule has 0 spiro atoms. The molecule has 0 aliphatic rings. The van der Waals surface area contributed by atoms with Crippen molar-refractivity contribution in [3.05, 3.63) is 94.0 Å². The van der Waals surface area contributed by atoms with Crippen LogP contribution in [0.15, 0.2) is 87.5 Å². The lowest BCUT2D eigenvalue weighted by Crippen LogP contribution is -2.06. The van der Waals surface area contributed by atoms with Crippen LogP contribution in [0.2, 0.25) is 0 Å². The van der Waals surface area contributed by atoms with Gasteiger partial charge in [-0.15, -0.1) is 5.10 Å². The SMILES string of the molecule is COc1cccc(C=NN=C(N)SCc2ccccc2)c1OCc1cccc(Br)c1. The average molecular weight is 484 g/mol. The van der Waals surface area contributed by atoms with Crippen LogP contribution in [0, 0.1) is 0 Å². The molecule has 5 nitrogen and oxygen atoms in total. The highest BCUT2D eigenvalue weighted by molar-refractivity contribution is 9.10. The number of amidine groups is 1. The Morgan fingerprint density at radius 1 is 1.03 bits per heavy atom. The Morgan fingerprint density at radius 3 is 2.57 bits per heavy atom. The van der Waals surface area contributed by atoms with Crippen molar-refractivity contribution in [2.75, 3.05) is 7.11 Å². The number of hydrogen-bond donors (Lipinski definition) is 1. The molecule has 0 aromatic heterocycles. The van der Waals surface area contributed by atoms with E-state index in [4.69, 9.17) is 15.2 Å². The van der Waals surface area contributed by atoms with E-state index in [0.717, 1.165) is 21.4 Å². The average Bonchev–Trinajstić information content (AvgIpc) is 2.77. The smallest absolute Gasteiger partial charge is 0.180 e. The normalized spacial score (nSPS) is 11.6. The van der Waals surface area contributed by atoms with Crippen molar-refractivity contribution in [3.63, 3.8) is 0 Å². The maximum absolute atomic E-state index is 6.04. The minimum absolute atomic E-state index is 0.398. The van der Waals surface area contributed by atoms with E-state index in [-0.39, 0.29) is 0 Å². The topological polar surface area (TPSA) is 69.2 Å². The number of nitrogens with zero attached hydrogens (tertiary/aromatic N) is 2. The number of nitrogens with two attached hydrogens (primary N) is 1. The standard InChI is InChI=1S/C23H22BrN3O2S/c1-28-21-12-6-10-19(22(21)29-15-18-9-5-11-20(24)13-18)14-26-27-23(25)30-16-17-7-3-2-4-8-17/h2-14H,15-16H2,1H3,(H2,25,27). The Balaban J connectivity index is 1.68. The van der Waals surface area contributed by atoms with Crippen molar-refractivity contribution in [3.8, 4) is 11.5 Å². The lowest BCUT2D eigenvalue weighted by molar-refractivity contribution is 0.284. The van der Waals surface area contributed by atoms with Crippen LogP contribution in [0.4, 0.5) is 0 Å². The second-order valence-electron chi connectivity index (χ2n) is 6.25. The van der Waals surface area contributed by atoms with Gasteiger partial charge in [0.15, 0.2) is 16.7 Å². The molecule has 30 heavy (non-hydrogen) atoms. The highest BCUT2D eigenvalue weighted by Gasteiger charge is 2.10. The van der Waals surface area contributed by atoms with Gasteiger partial charge in [0, 0.05) is 15.8 Å². The fourth-order valence-corrected chi connectivity index (χ4v) is 3.70. The molecule has 2 N–H and O–H groups in total. The zero-order chi connectivity index (χ0) is 21.2. The summed E-state index contributed by atoms with van der Waals surface area (Å²) in [4.78, 5) is 0. The number of para-hydroxylation sites is 1. The Bertz CT molecular complexity index is 1030. The molecule has 3 aromatic rings. The van der Waals surface area contributed by atoms with E-state index in [2.05, 4.69) is 38.3 Å². The van der Waals surface area contributed by atoms with Gasteiger partial charge < -0.3 is 15.2 Å². The summed E-state index contributed by atoms with van der Waals surface area (Å²) in [7, 11) is 1.61. The second-order valence-corrected chi connectivity index (χ2v) is 8.17. The Labute approximate surface area is 189 Å². The van der Waals surface area contributed by atoms with E-state index in [1.807, 2.05) is 60.7 Å². The molecule has 0 radical (unpaired) electrons. The van der Waals surface area contributed by atoms with Crippen LogP contribution in [-0.4, -0.2) is 18.5 Å². The predicted octanol–water partition coefficient (Wildman–Crippen LogP) is 5.62. The number of halogens is 1. The summed E-state index contributed by atoms with van der Waals surface area (Å²) >= 11 is 4.92. The number of rotatable bonds is 8. The van der Waals surface area contributed by atoms with Gasteiger partial charge >= 0.3 is 0 Å². The second kappa shape index (κ2) is 11.4. The van der Waals surface area contributed by atoms with Crippen LogP contribution >= 0.6 is 27.7 Å². The van der Waals surface area contributed by atoms with E-state index < -0.39 is 0 Å². The van der Waals surface area contributed by atoms with Gasteiger partial charge in [0.2, 0.25) is 0 Å². The van der Waals surface area contributed by atoms with Gasteiger partial charge in [-0.25, -0.2) is 0 Å². The van der Waals surface area contributed by atoms with Crippen molar-refractivity contribution in [2.45, 2.75) is 12.4 Å². The third-order valence-electron chi connectivity index (χ3n) is 4.08. The number of ether oxygens (including phenoxy) is 2. The van der Waals surface area contributed by atoms with Crippen molar-refractivity contribution in [1.29, 1.82) is 0 Å². The monoisotopic (exact) mass is 483 g/mol. The molecule has 0 saturated heterocycles. The molecule has 0 amide bonds. The summed E-state index contributed by atoms with van der Waals surface area (Å²) in [6, 6.07) is 23.7. The number of methoxy groups -OCH3 is 1. The van der Waals surface area contributed by atoms with E-state index >= 15 is 0 Å². The van der Waals surface area contributed by atoms with Crippen LogP contribution in [0.5, 0.6) is 11.5 Å². The summed E-state index contributed by atoms with van der Waals surface area (Å²) in [5, 5.41) is 8.62. The van der Waals surface area contributed by atoms with Gasteiger partial charge in [-0.2, -0.15) is 5.10 Å². The maximum atomic E-state index is 6.04. The predicted molar refractivity (Wildman–Crippen MR) is 128 cm³/mol. The number of thioether (sulfide) groups is 1. The van der Waals surface area contributed by atoms with Crippen molar-refractivity contribution in [2.24, 2.45) is 15.9 Å². The van der Waals surface area contributed by atoms with Gasteiger partial charge in [-0.1, -0.05) is 76.2 Å². The first kappa shape index (κ1) is 21.9. The van der Waals surface area contributed by atoms with E-state index in [9.17, 15) is 0 Å². The van der Waals surface area contributed by atoms with Crippen LogP contribution in [0.3, 0.4) is 0 Å². The molecule has 0 fully saturated rings. The first-order chi connectivity index (χ1) is 14.7. The van der Waals surface area contributed by atoms with Crippen LogP contribution in [0.25, 0.3) is 0 Å². The largest absolute Gasteiger partial charge is 0.493 e. The molecule has 0 unspecified atom stereocenters. The van der Waals surface area contributed by atoms with Crippen molar-refractivity contribution in [1.82, 2.24) is 0 Å². The maximum Gasteiger partial charge on any atom is 0.180 e. The molecule has 3 aromatic carbocycles. The van der Waals surface area contributed by atoms with Crippen LogP contribution in [-0.2, 0) is 12.4 Å². The van der Waals surface area contributed by atoms with Crippen LogP contribution in [0.1, 0.15) is 16.7 Å². The van der Waals surface area contributed by atoms with Crippen molar-refractivity contribution >= 4 is 39.1 Å². The molecule has 0 aliphatic carbocycles. The molecule has 0 heterocycles. The highest BCUT2D eigenvalue weighted by Crippen LogP contribution is 2.31. The fraction of sp³-hybridized carbons (Fsp3) is 0.130. The fourth-order valence-electron chi connectivity index (χ4n) is 2.64. The zero-order valence-electron chi connectivity index (χ0n) is 16.5. The van der Waals surface area contributed by atoms with Crippen molar-refractivity contribution < 1.29 is 9.47 Å². The van der Waals surface area contributed by atoms with Gasteiger partial charge in [0.25, 0.3) is 0 Å². The van der Waals surface area contributed by atoms with Crippen LogP contribution < -0.4 is 15.2 Å². The van der Waals surface area contributed by atoms with Gasteiger partial charge in [-0.3, -0.25) is 0 Å². The third kappa shape index (κ3) is 6.64. The molecule has 0 saturated carbocycles. The minimum atomic E-state index is 0.398. The molecule has 0 bridgehead atoms. The Kier molecular flexibility index (Phi) is 8.35. The molecule has 7 heteroatoms. The number of hydrogen-bond acceptors (Lipinski definition) is 5. The van der Waals surface area contributed by atoms with Gasteiger partial charge in [0.05, 0.1) is 13.3 Å². The number of benzene rings is 3. The summed E-state index contributed by atoms with van der Waals surface area (Å²) < 4.78 is 12.5. The first-order valence-corrected chi connectivity index (χ1v) is 11.0. The highest BCUT2D eigenvalue weighted by atomic mass is 79.9. The van der Waals surface area contributed by atoms with E-state index in [1.165, 1.54) is 17.3 Å². The molecule has 3 rings (SSSR count). The van der Waals surface area contributed by atoms with E-state index in [1.54, 1.807) is 13.3 Å². The zero-order valence-corrected chi connectivity index (χ0v) is 18.9.